The molecule has 3 N–H and O–H groups in total. The van der Waals surface area contributed by atoms with Gasteiger partial charge in [0, 0.05) is 19.3 Å². The largest absolute Gasteiger partial charge is 0.388 e. The van der Waals surface area contributed by atoms with Crippen molar-refractivity contribution in [2.24, 2.45) is 0 Å². The zero-order valence-electron chi connectivity index (χ0n) is 9.56. The normalized spacial score (nSPS) is 14.1. The zero-order chi connectivity index (χ0) is 12.8. The van der Waals surface area contributed by atoms with Crippen LogP contribution in [0.2, 0.25) is 0 Å². The lowest BCUT2D eigenvalue weighted by Gasteiger charge is -2.18. The van der Waals surface area contributed by atoms with Gasteiger partial charge < -0.3 is 15.5 Å². The van der Waals surface area contributed by atoms with Crippen LogP contribution in [0, 0.1) is 0 Å². The summed E-state index contributed by atoms with van der Waals surface area (Å²) in [7, 11) is 0. The van der Waals surface area contributed by atoms with Gasteiger partial charge in [-0.2, -0.15) is 0 Å². The monoisotopic (exact) mass is 257 g/mol. The van der Waals surface area contributed by atoms with Crippen LogP contribution in [0.4, 0.5) is 0 Å². The lowest BCUT2D eigenvalue weighted by Crippen LogP contribution is -2.34. The molecule has 4 nitrogen and oxygen atoms in total. The second-order valence-electron chi connectivity index (χ2n) is 3.82. The summed E-state index contributed by atoms with van der Waals surface area (Å²) < 4.78 is 0. The fraction of sp³-hybridized carbons (Fsp3) is 0.417. The van der Waals surface area contributed by atoms with E-state index in [4.69, 9.17) is 11.6 Å². The van der Waals surface area contributed by atoms with Crippen molar-refractivity contribution in [1.29, 1.82) is 0 Å². The van der Waals surface area contributed by atoms with Crippen LogP contribution in [0.1, 0.15) is 24.2 Å². The Hall–Kier alpha value is -1.10. The molecule has 0 saturated heterocycles. The highest BCUT2D eigenvalue weighted by Gasteiger charge is 2.18. The number of amides is 1. The van der Waals surface area contributed by atoms with E-state index < -0.39 is 12.2 Å². The van der Waals surface area contributed by atoms with Gasteiger partial charge in [-0.15, -0.1) is 11.6 Å². The quantitative estimate of drug-likeness (QED) is 0.688. The molecule has 0 aromatic heterocycles. The van der Waals surface area contributed by atoms with Crippen molar-refractivity contribution in [1.82, 2.24) is 5.32 Å². The molecular formula is C12H16ClNO3. The summed E-state index contributed by atoms with van der Waals surface area (Å²) in [4.78, 5) is 10.7. The van der Waals surface area contributed by atoms with Gasteiger partial charge in [-0.05, 0) is 11.1 Å². The van der Waals surface area contributed by atoms with Crippen molar-refractivity contribution < 1.29 is 15.0 Å². The molecule has 0 aliphatic carbocycles. The van der Waals surface area contributed by atoms with Crippen molar-refractivity contribution in [3.63, 3.8) is 0 Å². The molecule has 2 atom stereocenters. The Morgan fingerprint density at radius 2 is 1.94 bits per heavy atom. The fourth-order valence-electron chi connectivity index (χ4n) is 1.39. The van der Waals surface area contributed by atoms with Crippen LogP contribution in [0.25, 0.3) is 0 Å². The first-order valence-electron chi connectivity index (χ1n) is 5.30. The highest BCUT2D eigenvalue weighted by Crippen LogP contribution is 2.17. The van der Waals surface area contributed by atoms with E-state index >= 15 is 0 Å². The average molecular weight is 258 g/mol. The number of carbonyl (C=O) groups is 1. The maximum absolute atomic E-state index is 10.7. The number of halogens is 1. The Balaban J connectivity index is 2.60. The van der Waals surface area contributed by atoms with Crippen molar-refractivity contribution >= 4 is 17.5 Å². The smallest absolute Gasteiger partial charge is 0.216 e. The minimum Gasteiger partial charge on any atom is -0.388 e. The average Bonchev–Trinajstić information content (AvgIpc) is 2.35. The van der Waals surface area contributed by atoms with Gasteiger partial charge in [-0.3, -0.25) is 4.79 Å². The standard InChI is InChI=1S/C12H16ClNO3/c1-8(15)14-7-11(16)12(17)10-4-2-9(6-13)3-5-10/h2-5,11-12,16-17H,6-7H2,1H3,(H,14,15). The van der Waals surface area contributed by atoms with Gasteiger partial charge in [0.15, 0.2) is 0 Å². The molecule has 5 heteroatoms. The first-order chi connectivity index (χ1) is 8.04. The van der Waals surface area contributed by atoms with Crippen molar-refractivity contribution in [2.75, 3.05) is 6.54 Å². The van der Waals surface area contributed by atoms with E-state index in [1.165, 1.54) is 6.92 Å². The van der Waals surface area contributed by atoms with E-state index in [-0.39, 0.29) is 12.5 Å². The van der Waals surface area contributed by atoms with Crippen LogP contribution in [-0.4, -0.2) is 28.8 Å². The lowest BCUT2D eigenvalue weighted by molar-refractivity contribution is -0.119. The molecule has 0 aliphatic rings. The van der Waals surface area contributed by atoms with E-state index in [0.717, 1.165) is 5.56 Å². The predicted molar refractivity (Wildman–Crippen MR) is 65.6 cm³/mol. The van der Waals surface area contributed by atoms with Crippen LogP contribution in [0.15, 0.2) is 24.3 Å². The number of aliphatic hydroxyl groups excluding tert-OH is 2. The Morgan fingerprint density at radius 1 is 1.35 bits per heavy atom. The first kappa shape index (κ1) is 14.0. The molecule has 1 aromatic carbocycles. The Bertz CT molecular complexity index is 367. The highest BCUT2D eigenvalue weighted by atomic mass is 35.5. The van der Waals surface area contributed by atoms with E-state index in [1.54, 1.807) is 24.3 Å². The molecule has 0 aliphatic heterocycles. The first-order valence-corrected chi connectivity index (χ1v) is 5.83. The number of rotatable bonds is 5. The fourth-order valence-corrected chi connectivity index (χ4v) is 1.56. The minimum absolute atomic E-state index is 0.0216. The molecule has 0 fully saturated rings. The molecule has 2 unspecified atom stereocenters. The molecule has 1 rings (SSSR count). The summed E-state index contributed by atoms with van der Waals surface area (Å²) in [5.74, 6) is 0.166. The number of nitrogens with one attached hydrogen (secondary N) is 1. The molecule has 94 valence electrons. The zero-order valence-corrected chi connectivity index (χ0v) is 10.3. The maximum Gasteiger partial charge on any atom is 0.216 e. The molecular weight excluding hydrogens is 242 g/mol. The van der Waals surface area contributed by atoms with Gasteiger partial charge in [-0.1, -0.05) is 24.3 Å². The second-order valence-corrected chi connectivity index (χ2v) is 4.09. The molecule has 1 aromatic rings. The van der Waals surface area contributed by atoms with E-state index in [1.807, 2.05) is 0 Å². The van der Waals surface area contributed by atoms with Crippen LogP contribution in [0.3, 0.4) is 0 Å². The van der Waals surface area contributed by atoms with Gasteiger partial charge >= 0.3 is 0 Å². The van der Waals surface area contributed by atoms with E-state index in [0.29, 0.717) is 11.4 Å². The number of benzene rings is 1. The third-order valence-electron chi connectivity index (χ3n) is 2.40. The molecule has 0 bridgehead atoms. The minimum atomic E-state index is -1.03. The van der Waals surface area contributed by atoms with Crippen molar-refractivity contribution in [3.05, 3.63) is 35.4 Å². The van der Waals surface area contributed by atoms with Crippen molar-refractivity contribution in [3.8, 4) is 0 Å². The van der Waals surface area contributed by atoms with Crippen LogP contribution >= 0.6 is 11.6 Å². The third kappa shape index (κ3) is 4.34. The number of carbonyl (C=O) groups excluding carboxylic acids is 1. The van der Waals surface area contributed by atoms with Crippen LogP contribution in [0.5, 0.6) is 0 Å². The molecule has 0 radical (unpaired) electrons. The van der Waals surface area contributed by atoms with Gasteiger partial charge in [-0.25, -0.2) is 0 Å². The summed E-state index contributed by atoms with van der Waals surface area (Å²) in [6.45, 7) is 1.38. The number of alkyl halides is 1. The topological polar surface area (TPSA) is 69.6 Å². The Labute approximate surface area is 105 Å². The lowest BCUT2D eigenvalue weighted by atomic mass is 10.0. The number of hydrogen-bond donors (Lipinski definition) is 3. The highest BCUT2D eigenvalue weighted by molar-refractivity contribution is 6.17. The number of hydrogen-bond acceptors (Lipinski definition) is 3. The van der Waals surface area contributed by atoms with E-state index in [2.05, 4.69) is 5.32 Å². The summed E-state index contributed by atoms with van der Waals surface area (Å²) in [5.41, 5.74) is 1.54. The van der Waals surface area contributed by atoms with Crippen LogP contribution in [-0.2, 0) is 10.7 Å². The SMILES string of the molecule is CC(=O)NCC(O)C(O)c1ccc(CCl)cc1. The summed E-state index contributed by atoms with van der Waals surface area (Å²) in [6, 6.07) is 6.99. The molecule has 0 spiro atoms. The van der Waals surface area contributed by atoms with Gasteiger partial charge in [0.25, 0.3) is 0 Å². The van der Waals surface area contributed by atoms with E-state index in [9.17, 15) is 15.0 Å². The summed E-state index contributed by atoms with van der Waals surface area (Å²) >= 11 is 5.65. The Morgan fingerprint density at radius 3 is 2.41 bits per heavy atom. The molecule has 1 amide bonds. The van der Waals surface area contributed by atoms with Gasteiger partial charge in [0.05, 0.1) is 0 Å². The van der Waals surface area contributed by atoms with Gasteiger partial charge in [0.2, 0.25) is 5.91 Å². The molecule has 0 heterocycles. The molecule has 0 saturated carbocycles. The molecule has 17 heavy (non-hydrogen) atoms. The number of aliphatic hydroxyl groups is 2. The van der Waals surface area contributed by atoms with Gasteiger partial charge in [0.1, 0.15) is 12.2 Å². The summed E-state index contributed by atoms with van der Waals surface area (Å²) in [5, 5.41) is 21.9. The Kier molecular flexibility index (Phi) is 5.41. The van der Waals surface area contributed by atoms with Crippen LogP contribution < -0.4 is 5.32 Å². The summed E-state index contributed by atoms with van der Waals surface area (Å²) in [6.07, 6.45) is -2.05. The second kappa shape index (κ2) is 6.59. The third-order valence-corrected chi connectivity index (χ3v) is 2.71. The predicted octanol–water partition coefficient (Wildman–Crippen LogP) is 0.956. The maximum atomic E-state index is 10.7. The van der Waals surface area contributed by atoms with Crippen molar-refractivity contribution in [2.45, 2.75) is 25.0 Å².